The van der Waals surface area contributed by atoms with Crippen molar-refractivity contribution in [1.82, 2.24) is 0 Å². The number of nitrogens with one attached hydrogen (secondary N) is 2. The van der Waals surface area contributed by atoms with Crippen molar-refractivity contribution in [3.63, 3.8) is 0 Å². The minimum absolute atomic E-state index is 0.0432. The molecule has 7 nitrogen and oxygen atoms in total. The molecular formula is C24H24N3O4+. The SMILES string of the molecule is COc1ccccc1N1C(=O)[C@H]2[C@@H](C1=O)[C@]1(C(=O)Nc3ccc(C)cc31)[NH+]1CCC[C@@H]21. The van der Waals surface area contributed by atoms with Crippen LogP contribution < -0.4 is 19.9 Å². The number of carbonyl (C=O) groups is 3. The van der Waals surface area contributed by atoms with Gasteiger partial charge in [0.05, 0.1) is 25.0 Å². The Morgan fingerprint density at radius 1 is 1.13 bits per heavy atom. The Kier molecular flexibility index (Phi) is 3.69. The summed E-state index contributed by atoms with van der Waals surface area (Å²) < 4.78 is 5.44. The van der Waals surface area contributed by atoms with E-state index in [0.717, 1.165) is 41.1 Å². The van der Waals surface area contributed by atoms with Gasteiger partial charge in [0.25, 0.3) is 5.91 Å². The summed E-state index contributed by atoms with van der Waals surface area (Å²) in [4.78, 5) is 43.7. The van der Waals surface area contributed by atoms with Gasteiger partial charge in [0.2, 0.25) is 17.4 Å². The molecule has 0 radical (unpaired) electrons. The van der Waals surface area contributed by atoms with Crippen molar-refractivity contribution in [2.75, 3.05) is 23.9 Å². The first-order valence-corrected chi connectivity index (χ1v) is 10.8. The van der Waals surface area contributed by atoms with Gasteiger partial charge in [-0.1, -0.05) is 23.8 Å². The summed E-state index contributed by atoms with van der Waals surface area (Å²) in [7, 11) is 1.53. The molecule has 3 fully saturated rings. The molecule has 0 bridgehead atoms. The number of methoxy groups -OCH3 is 1. The fraction of sp³-hybridized carbons (Fsp3) is 0.375. The highest BCUT2D eigenvalue weighted by atomic mass is 16.5. The van der Waals surface area contributed by atoms with Crippen molar-refractivity contribution in [1.29, 1.82) is 0 Å². The van der Waals surface area contributed by atoms with E-state index in [1.54, 1.807) is 18.2 Å². The number of quaternary nitrogens is 1. The molecule has 0 aromatic heterocycles. The fourth-order valence-corrected chi connectivity index (χ4v) is 6.63. The predicted molar refractivity (Wildman–Crippen MR) is 113 cm³/mol. The van der Waals surface area contributed by atoms with Crippen LogP contribution >= 0.6 is 0 Å². The standard InChI is InChI=1S/C24H23N3O4/c1-13-9-10-15-14(12-13)24(23(30)25-15)20-19(17-7-5-11-26(17)24)21(28)27(22(20)29)16-6-3-4-8-18(16)31-2/h3-4,6,8-10,12,17,19-20H,5,7,11H2,1-2H3,(H,25,30)/p+1/t17-,19+,20-,24+/m0/s1. The third-order valence-corrected chi connectivity index (χ3v) is 7.70. The number of hydrogen-bond donors (Lipinski definition) is 2. The molecule has 5 atom stereocenters. The Balaban J connectivity index is 1.57. The van der Waals surface area contributed by atoms with E-state index < -0.39 is 17.4 Å². The highest BCUT2D eigenvalue weighted by molar-refractivity contribution is 6.25. The number of rotatable bonds is 2. The maximum atomic E-state index is 14.0. The Morgan fingerprint density at radius 3 is 2.74 bits per heavy atom. The molecule has 2 aromatic rings. The van der Waals surface area contributed by atoms with Crippen LogP contribution in [0.3, 0.4) is 0 Å². The van der Waals surface area contributed by atoms with E-state index in [9.17, 15) is 14.4 Å². The van der Waals surface area contributed by atoms with E-state index in [4.69, 9.17) is 4.74 Å². The summed E-state index contributed by atoms with van der Waals surface area (Å²) in [6.07, 6.45) is 1.78. The first-order valence-electron chi connectivity index (χ1n) is 10.8. The summed E-state index contributed by atoms with van der Waals surface area (Å²) in [5.41, 5.74) is 2.04. The normalized spacial score (nSPS) is 33.0. The monoisotopic (exact) mass is 418 g/mol. The predicted octanol–water partition coefficient (Wildman–Crippen LogP) is 1.02. The minimum atomic E-state index is -1.06. The molecule has 2 aromatic carbocycles. The number of anilines is 2. The lowest BCUT2D eigenvalue weighted by Crippen LogP contribution is -3.19. The number of benzene rings is 2. The summed E-state index contributed by atoms with van der Waals surface area (Å²) in [6.45, 7) is 2.77. The average molecular weight is 418 g/mol. The largest absolute Gasteiger partial charge is 0.495 e. The van der Waals surface area contributed by atoms with Crippen molar-refractivity contribution >= 4 is 29.1 Å². The van der Waals surface area contributed by atoms with E-state index in [1.165, 1.54) is 12.0 Å². The number of nitrogens with zero attached hydrogens (tertiary/aromatic N) is 1. The lowest BCUT2D eigenvalue weighted by molar-refractivity contribution is -0.948. The van der Waals surface area contributed by atoms with Gasteiger partial charge in [-0.05, 0) is 31.2 Å². The Morgan fingerprint density at radius 2 is 1.94 bits per heavy atom. The van der Waals surface area contributed by atoms with Gasteiger partial charge in [0.1, 0.15) is 23.6 Å². The second-order valence-electron chi connectivity index (χ2n) is 9.02. The molecule has 3 saturated heterocycles. The zero-order valence-corrected chi connectivity index (χ0v) is 17.5. The maximum Gasteiger partial charge on any atom is 0.291 e. The number of imide groups is 1. The van der Waals surface area contributed by atoms with E-state index in [1.807, 2.05) is 31.2 Å². The van der Waals surface area contributed by atoms with Crippen molar-refractivity contribution < 1.29 is 24.0 Å². The van der Waals surface area contributed by atoms with Gasteiger partial charge in [0, 0.05) is 18.4 Å². The average Bonchev–Trinajstić information content (AvgIpc) is 3.47. The molecule has 1 spiro atoms. The molecule has 0 aliphatic carbocycles. The first-order chi connectivity index (χ1) is 15.0. The van der Waals surface area contributed by atoms with E-state index >= 15 is 0 Å². The fourth-order valence-electron chi connectivity index (χ4n) is 6.63. The molecule has 2 N–H and O–H groups in total. The van der Waals surface area contributed by atoms with E-state index in [2.05, 4.69) is 5.32 Å². The maximum absolute atomic E-state index is 14.0. The lowest BCUT2D eigenvalue weighted by Gasteiger charge is -2.33. The molecule has 31 heavy (non-hydrogen) atoms. The second kappa shape index (κ2) is 6.17. The Bertz CT molecular complexity index is 1160. The highest BCUT2D eigenvalue weighted by Gasteiger charge is 2.78. The van der Waals surface area contributed by atoms with Gasteiger partial charge in [-0.25, -0.2) is 4.90 Å². The van der Waals surface area contributed by atoms with Gasteiger partial charge < -0.3 is 15.0 Å². The van der Waals surface area contributed by atoms with E-state index in [0.29, 0.717) is 11.4 Å². The molecule has 4 aliphatic heterocycles. The number of para-hydroxylation sites is 2. The van der Waals surface area contributed by atoms with Crippen molar-refractivity contribution in [3.05, 3.63) is 53.6 Å². The molecule has 6 rings (SSSR count). The highest BCUT2D eigenvalue weighted by Crippen LogP contribution is 2.53. The molecule has 7 heteroatoms. The third-order valence-electron chi connectivity index (χ3n) is 7.70. The summed E-state index contributed by atoms with van der Waals surface area (Å²) >= 11 is 0. The number of hydrogen-bond acceptors (Lipinski definition) is 4. The molecule has 1 unspecified atom stereocenters. The van der Waals surface area contributed by atoms with Gasteiger partial charge in [-0.3, -0.25) is 14.4 Å². The third kappa shape index (κ3) is 2.09. The van der Waals surface area contributed by atoms with Gasteiger partial charge in [-0.2, -0.15) is 0 Å². The van der Waals surface area contributed by atoms with Crippen LogP contribution in [0.2, 0.25) is 0 Å². The Labute approximate surface area is 180 Å². The first kappa shape index (κ1) is 18.6. The molecule has 158 valence electrons. The van der Waals surface area contributed by atoms with Crippen LogP contribution in [0.25, 0.3) is 0 Å². The Hall–Kier alpha value is -3.19. The smallest absolute Gasteiger partial charge is 0.291 e. The molecule has 4 heterocycles. The summed E-state index contributed by atoms with van der Waals surface area (Å²) in [5, 5.41) is 3.03. The van der Waals surface area contributed by atoms with Crippen molar-refractivity contribution in [3.8, 4) is 5.75 Å². The van der Waals surface area contributed by atoms with Crippen LogP contribution in [0.1, 0.15) is 24.0 Å². The minimum Gasteiger partial charge on any atom is -0.495 e. The summed E-state index contributed by atoms with van der Waals surface area (Å²) in [5.74, 6) is -1.42. The van der Waals surface area contributed by atoms with Crippen molar-refractivity contribution in [2.45, 2.75) is 31.3 Å². The molecule has 4 aliphatic rings. The summed E-state index contributed by atoms with van der Waals surface area (Å²) in [6, 6.07) is 12.9. The number of ether oxygens (including phenoxy) is 1. The van der Waals surface area contributed by atoms with Crippen LogP contribution in [-0.4, -0.2) is 37.4 Å². The van der Waals surface area contributed by atoms with Gasteiger partial charge >= 0.3 is 0 Å². The van der Waals surface area contributed by atoms with Crippen LogP contribution in [0.15, 0.2) is 42.5 Å². The number of fused-ring (bicyclic) bond motifs is 7. The van der Waals surface area contributed by atoms with E-state index in [-0.39, 0.29) is 23.8 Å². The van der Waals surface area contributed by atoms with Gasteiger partial charge in [0.15, 0.2) is 0 Å². The second-order valence-corrected chi connectivity index (χ2v) is 9.02. The topological polar surface area (TPSA) is 80.1 Å². The quantitative estimate of drug-likeness (QED) is 0.714. The zero-order valence-electron chi connectivity index (χ0n) is 17.5. The van der Waals surface area contributed by atoms with Crippen LogP contribution in [-0.2, 0) is 19.9 Å². The van der Waals surface area contributed by atoms with Crippen LogP contribution in [0.5, 0.6) is 5.75 Å². The molecule has 3 amide bonds. The molecule has 0 saturated carbocycles. The zero-order chi connectivity index (χ0) is 21.5. The van der Waals surface area contributed by atoms with Crippen LogP contribution in [0, 0.1) is 18.8 Å². The molecular weight excluding hydrogens is 394 g/mol. The number of carbonyl (C=O) groups excluding carboxylic acids is 3. The van der Waals surface area contributed by atoms with Crippen molar-refractivity contribution in [2.24, 2.45) is 11.8 Å². The number of aryl methyl sites for hydroxylation is 1. The lowest BCUT2D eigenvalue weighted by atomic mass is 9.75. The van der Waals surface area contributed by atoms with Gasteiger partial charge in [-0.15, -0.1) is 0 Å². The number of amides is 3. The van der Waals surface area contributed by atoms with Crippen LogP contribution in [0.4, 0.5) is 11.4 Å².